The molecule has 0 atom stereocenters. The summed E-state index contributed by atoms with van der Waals surface area (Å²) < 4.78 is 16.5. The van der Waals surface area contributed by atoms with Crippen molar-refractivity contribution >= 4 is 40.1 Å². The van der Waals surface area contributed by atoms with E-state index in [4.69, 9.17) is 37.4 Å². The summed E-state index contributed by atoms with van der Waals surface area (Å²) in [6.45, 7) is 0.0223. The van der Waals surface area contributed by atoms with E-state index in [-0.39, 0.29) is 30.2 Å². The van der Waals surface area contributed by atoms with Crippen LogP contribution in [0.15, 0.2) is 65.5 Å². The van der Waals surface area contributed by atoms with Crippen LogP contribution in [0.3, 0.4) is 0 Å². The number of hydrogen-bond acceptors (Lipinski definition) is 6. The number of aromatic nitrogens is 2. The minimum atomic E-state index is -0.611. The maximum Gasteiger partial charge on any atom is 0.338 e. The van der Waals surface area contributed by atoms with Crippen LogP contribution in [0, 0.1) is 0 Å². The molecule has 4 aromatic rings. The van der Waals surface area contributed by atoms with Crippen LogP contribution in [0.1, 0.15) is 21.7 Å². The van der Waals surface area contributed by atoms with Crippen LogP contribution in [0.25, 0.3) is 10.9 Å². The number of H-pyrrole nitrogens is 1. The largest absolute Gasteiger partial charge is 0.493 e. The zero-order valence-electron chi connectivity index (χ0n) is 17.4. The Kier molecular flexibility index (Phi) is 6.82. The predicted octanol–water partition coefficient (Wildman–Crippen LogP) is 5.17. The molecule has 0 fully saturated rings. The highest BCUT2D eigenvalue weighted by atomic mass is 35.5. The third-order valence-corrected chi connectivity index (χ3v) is 5.40. The van der Waals surface area contributed by atoms with Crippen molar-refractivity contribution in [2.75, 3.05) is 7.11 Å². The molecule has 0 spiro atoms. The van der Waals surface area contributed by atoms with Gasteiger partial charge < -0.3 is 19.2 Å². The summed E-state index contributed by atoms with van der Waals surface area (Å²) in [4.78, 5) is 31.7. The van der Waals surface area contributed by atoms with Crippen molar-refractivity contribution in [3.05, 3.63) is 98.0 Å². The average molecular weight is 485 g/mol. The number of aromatic amines is 1. The molecule has 0 saturated carbocycles. The summed E-state index contributed by atoms with van der Waals surface area (Å²) in [6.07, 6.45) is 0. The van der Waals surface area contributed by atoms with Crippen molar-refractivity contribution in [1.29, 1.82) is 0 Å². The lowest BCUT2D eigenvalue weighted by Crippen LogP contribution is -2.14. The Labute approximate surface area is 198 Å². The van der Waals surface area contributed by atoms with Gasteiger partial charge in [-0.25, -0.2) is 9.78 Å². The molecule has 0 saturated heterocycles. The first-order valence-corrected chi connectivity index (χ1v) is 10.6. The van der Waals surface area contributed by atoms with E-state index in [0.29, 0.717) is 32.4 Å². The Balaban J connectivity index is 1.45. The van der Waals surface area contributed by atoms with Crippen LogP contribution < -0.4 is 15.0 Å². The van der Waals surface area contributed by atoms with Gasteiger partial charge in [-0.2, -0.15) is 0 Å². The summed E-state index contributed by atoms with van der Waals surface area (Å²) in [5.41, 5.74) is 1.15. The van der Waals surface area contributed by atoms with Gasteiger partial charge in [0.2, 0.25) is 0 Å². The van der Waals surface area contributed by atoms with Gasteiger partial charge in [0.25, 0.3) is 5.56 Å². The number of nitrogens with one attached hydrogen (secondary N) is 1. The number of benzene rings is 3. The number of carbonyl (C=O) groups is 1. The maximum atomic E-state index is 12.5. The molecule has 1 aromatic heterocycles. The van der Waals surface area contributed by atoms with Crippen molar-refractivity contribution in [1.82, 2.24) is 9.97 Å². The fourth-order valence-electron chi connectivity index (χ4n) is 3.13. The molecule has 0 aliphatic carbocycles. The molecule has 0 bridgehead atoms. The Morgan fingerprint density at radius 2 is 1.82 bits per heavy atom. The van der Waals surface area contributed by atoms with Gasteiger partial charge in [0.1, 0.15) is 19.0 Å². The number of esters is 1. The molecule has 0 unspecified atom stereocenters. The van der Waals surface area contributed by atoms with Crippen LogP contribution in [-0.4, -0.2) is 23.0 Å². The van der Waals surface area contributed by atoms with Gasteiger partial charge in [0.05, 0.1) is 23.6 Å². The Bertz CT molecular complexity index is 1390. The topological polar surface area (TPSA) is 90.5 Å². The zero-order valence-corrected chi connectivity index (χ0v) is 18.9. The van der Waals surface area contributed by atoms with Crippen molar-refractivity contribution in [2.45, 2.75) is 13.2 Å². The molecule has 4 rings (SSSR count). The Morgan fingerprint density at radius 3 is 2.61 bits per heavy atom. The quantitative estimate of drug-likeness (QED) is 0.363. The van der Waals surface area contributed by atoms with E-state index in [1.807, 2.05) is 18.2 Å². The molecule has 1 heterocycles. The number of carbonyl (C=O) groups excluding carboxylic acids is 1. The third kappa shape index (κ3) is 5.27. The van der Waals surface area contributed by atoms with Gasteiger partial charge in [-0.1, -0.05) is 41.4 Å². The second-order valence-corrected chi connectivity index (χ2v) is 7.84. The van der Waals surface area contributed by atoms with Crippen LogP contribution in [0.4, 0.5) is 0 Å². The number of methoxy groups -OCH3 is 1. The minimum Gasteiger partial charge on any atom is -0.493 e. The molecule has 168 valence electrons. The van der Waals surface area contributed by atoms with Gasteiger partial charge in [-0.15, -0.1) is 0 Å². The van der Waals surface area contributed by atoms with Gasteiger partial charge in [0.15, 0.2) is 11.5 Å². The molecule has 0 radical (unpaired) electrons. The number of hydrogen-bond donors (Lipinski definition) is 1. The second-order valence-electron chi connectivity index (χ2n) is 7.00. The normalized spacial score (nSPS) is 10.8. The number of nitrogens with zero attached hydrogens (tertiary/aromatic N) is 1. The predicted molar refractivity (Wildman–Crippen MR) is 125 cm³/mol. The van der Waals surface area contributed by atoms with Crippen LogP contribution in [0.2, 0.25) is 10.0 Å². The van der Waals surface area contributed by atoms with Crippen LogP contribution in [-0.2, 0) is 18.0 Å². The standard InChI is InChI=1S/C24H18Cl2N2O5/c1-31-21-10-14(6-9-20(21)32-12-15-4-2-3-5-18(15)26)24(30)33-13-22-27-19-11-16(25)7-8-17(19)23(29)28-22/h2-11H,12-13H2,1H3,(H,27,28,29). The summed E-state index contributed by atoms with van der Waals surface area (Å²) in [7, 11) is 1.47. The summed E-state index contributed by atoms with van der Waals surface area (Å²) in [6, 6.07) is 16.8. The molecule has 33 heavy (non-hydrogen) atoms. The highest BCUT2D eigenvalue weighted by Gasteiger charge is 2.14. The monoisotopic (exact) mass is 484 g/mol. The van der Waals surface area contributed by atoms with Crippen molar-refractivity contribution in [3.8, 4) is 11.5 Å². The first-order valence-electron chi connectivity index (χ1n) is 9.84. The first-order chi connectivity index (χ1) is 15.9. The number of halogens is 2. The summed E-state index contributed by atoms with van der Waals surface area (Å²) in [5, 5.41) is 1.44. The average Bonchev–Trinajstić information content (AvgIpc) is 2.81. The lowest BCUT2D eigenvalue weighted by atomic mass is 10.2. The van der Waals surface area contributed by atoms with E-state index in [9.17, 15) is 9.59 Å². The number of ether oxygens (including phenoxy) is 3. The lowest BCUT2D eigenvalue weighted by Gasteiger charge is -2.13. The van der Waals surface area contributed by atoms with E-state index in [0.717, 1.165) is 5.56 Å². The summed E-state index contributed by atoms with van der Waals surface area (Å²) in [5.74, 6) is 0.407. The van der Waals surface area contributed by atoms with Crippen molar-refractivity contribution < 1.29 is 19.0 Å². The number of fused-ring (bicyclic) bond motifs is 1. The van der Waals surface area contributed by atoms with Gasteiger partial charge in [0, 0.05) is 15.6 Å². The van der Waals surface area contributed by atoms with Crippen LogP contribution in [0.5, 0.6) is 11.5 Å². The molecule has 9 heteroatoms. The van der Waals surface area contributed by atoms with E-state index < -0.39 is 5.97 Å². The van der Waals surface area contributed by atoms with Gasteiger partial charge >= 0.3 is 5.97 Å². The Morgan fingerprint density at radius 1 is 1.00 bits per heavy atom. The van der Waals surface area contributed by atoms with E-state index >= 15 is 0 Å². The van der Waals surface area contributed by atoms with Gasteiger partial charge in [-0.05, 0) is 42.5 Å². The molecule has 0 aliphatic rings. The zero-order chi connectivity index (χ0) is 23.4. The first kappa shape index (κ1) is 22.6. The highest BCUT2D eigenvalue weighted by molar-refractivity contribution is 6.31. The lowest BCUT2D eigenvalue weighted by molar-refractivity contribution is 0.0462. The molecule has 0 aliphatic heterocycles. The SMILES string of the molecule is COc1cc(C(=O)OCc2nc3cc(Cl)ccc3c(=O)[nH]2)ccc1OCc1ccccc1Cl. The van der Waals surface area contributed by atoms with E-state index in [1.54, 1.807) is 36.4 Å². The second kappa shape index (κ2) is 9.94. The van der Waals surface area contributed by atoms with E-state index in [1.165, 1.54) is 13.2 Å². The Hall–Kier alpha value is -3.55. The molecule has 7 nitrogen and oxygen atoms in total. The van der Waals surface area contributed by atoms with Crippen LogP contribution >= 0.6 is 23.2 Å². The van der Waals surface area contributed by atoms with Crippen molar-refractivity contribution in [2.24, 2.45) is 0 Å². The minimum absolute atomic E-state index is 0.203. The smallest absolute Gasteiger partial charge is 0.338 e. The third-order valence-electron chi connectivity index (χ3n) is 4.80. The molecular formula is C24H18Cl2N2O5. The molecule has 0 amide bonds. The number of rotatable bonds is 7. The summed E-state index contributed by atoms with van der Waals surface area (Å²) >= 11 is 12.1. The van der Waals surface area contributed by atoms with Crippen molar-refractivity contribution in [3.63, 3.8) is 0 Å². The molecule has 3 aromatic carbocycles. The fourth-order valence-corrected chi connectivity index (χ4v) is 3.49. The highest BCUT2D eigenvalue weighted by Crippen LogP contribution is 2.30. The maximum absolute atomic E-state index is 12.5. The fraction of sp³-hybridized carbons (Fsp3) is 0.125. The molecule has 1 N–H and O–H groups in total. The molecular weight excluding hydrogens is 467 g/mol. The van der Waals surface area contributed by atoms with E-state index in [2.05, 4.69) is 9.97 Å². The van der Waals surface area contributed by atoms with Gasteiger partial charge in [-0.3, -0.25) is 4.79 Å².